The van der Waals surface area contributed by atoms with Gasteiger partial charge in [0.25, 0.3) is 10.0 Å². The van der Waals surface area contributed by atoms with E-state index in [1.165, 1.54) is 11.8 Å². The smallest absolute Gasteiger partial charge is 0.282 e. The molecule has 4 nitrogen and oxygen atoms in total. The third kappa shape index (κ3) is 4.30. The lowest BCUT2D eigenvalue weighted by molar-refractivity contribution is 0.104. The number of Topliss-reactive ketones (excluding diaryl/α,β-unsaturated/α-hetero) is 1. The number of carbonyl (C=O) groups is 1. The fourth-order valence-corrected chi connectivity index (χ4v) is 5.06. The molecular weight excluding hydrogens is 414 g/mol. The highest BCUT2D eigenvalue weighted by molar-refractivity contribution is 8.03. The maximum atomic E-state index is 13.0. The number of thioether (sulfide) groups is 1. The van der Waals surface area contributed by atoms with E-state index in [9.17, 15) is 13.2 Å². The Morgan fingerprint density at radius 2 is 1.47 bits per heavy atom. The molecule has 0 fully saturated rings. The molecule has 0 saturated carbocycles. The monoisotopic (exact) mass is 433 g/mol. The summed E-state index contributed by atoms with van der Waals surface area (Å²) in [4.78, 5) is 13.6. The Balaban J connectivity index is 1.74. The van der Waals surface area contributed by atoms with Gasteiger partial charge in [0.2, 0.25) is 0 Å². The molecule has 3 aromatic rings. The normalized spacial score (nSPS) is 15.0. The molecular formula is C24H19NO3S2. The fraction of sp³-hybridized carbons (Fsp3) is 0.0833. The van der Waals surface area contributed by atoms with Gasteiger partial charge in [0.1, 0.15) is 0 Å². The van der Waals surface area contributed by atoms with Crippen LogP contribution in [-0.2, 0) is 15.8 Å². The third-order valence-electron chi connectivity index (χ3n) is 4.71. The number of hydrogen-bond donors (Lipinski definition) is 0. The van der Waals surface area contributed by atoms with Crippen LogP contribution in [0.25, 0.3) is 0 Å². The average Bonchev–Trinajstić information content (AvgIpc) is 2.76. The van der Waals surface area contributed by atoms with Gasteiger partial charge in [-0.05, 0) is 30.7 Å². The number of benzene rings is 3. The topological polar surface area (TPSA) is 63.6 Å². The van der Waals surface area contributed by atoms with E-state index in [0.29, 0.717) is 21.8 Å². The van der Waals surface area contributed by atoms with Crippen LogP contribution in [0.1, 0.15) is 27.0 Å². The zero-order valence-corrected chi connectivity index (χ0v) is 17.9. The van der Waals surface area contributed by atoms with Gasteiger partial charge in [-0.25, -0.2) is 0 Å². The lowest BCUT2D eigenvalue weighted by atomic mass is 9.94. The Morgan fingerprint density at radius 3 is 2.17 bits per heavy atom. The zero-order valence-electron chi connectivity index (χ0n) is 16.3. The van der Waals surface area contributed by atoms with E-state index in [1.54, 1.807) is 54.6 Å². The molecule has 0 radical (unpaired) electrons. The van der Waals surface area contributed by atoms with Crippen molar-refractivity contribution in [2.75, 3.05) is 0 Å². The molecule has 1 aliphatic rings. The Kier molecular flexibility index (Phi) is 5.70. The standard InChI is InChI=1S/C24H19NO3S2/c1-17-11-13-19(14-12-17)30(27,28)25-22-15-23(29-16-18-7-3-2-4-8-18)24(26)21-10-6-5-9-20(21)22/h2-15H,16H2,1H3. The minimum Gasteiger partial charge on any atom is -0.288 e. The second-order valence-corrected chi connectivity index (χ2v) is 9.54. The lowest BCUT2D eigenvalue weighted by Crippen LogP contribution is -2.17. The highest BCUT2D eigenvalue weighted by Crippen LogP contribution is 2.31. The van der Waals surface area contributed by atoms with E-state index < -0.39 is 10.0 Å². The quantitative estimate of drug-likeness (QED) is 0.556. The first-order valence-electron chi connectivity index (χ1n) is 9.38. The van der Waals surface area contributed by atoms with Gasteiger partial charge < -0.3 is 0 Å². The van der Waals surface area contributed by atoms with E-state index in [0.717, 1.165) is 11.1 Å². The van der Waals surface area contributed by atoms with Crippen LogP contribution in [0.4, 0.5) is 0 Å². The Bertz CT molecular complexity index is 1260. The summed E-state index contributed by atoms with van der Waals surface area (Å²) in [6.45, 7) is 1.89. The molecule has 6 heteroatoms. The van der Waals surface area contributed by atoms with Crippen molar-refractivity contribution in [2.45, 2.75) is 17.6 Å². The number of nitrogens with zero attached hydrogens (tertiary/aromatic N) is 1. The first kappa shape index (κ1) is 20.3. The molecule has 30 heavy (non-hydrogen) atoms. The van der Waals surface area contributed by atoms with Gasteiger partial charge >= 0.3 is 0 Å². The Labute approximate surface area is 180 Å². The number of allylic oxidation sites excluding steroid dienone is 2. The molecule has 0 bridgehead atoms. The molecule has 3 aromatic carbocycles. The first-order valence-corrected chi connectivity index (χ1v) is 11.8. The summed E-state index contributed by atoms with van der Waals surface area (Å²) in [6, 6.07) is 23.4. The second-order valence-electron chi connectivity index (χ2n) is 6.92. The minimum absolute atomic E-state index is 0.113. The molecule has 0 aliphatic heterocycles. The average molecular weight is 434 g/mol. The molecule has 0 saturated heterocycles. The molecule has 4 rings (SSSR count). The van der Waals surface area contributed by atoms with Crippen molar-refractivity contribution in [3.05, 3.63) is 112 Å². The van der Waals surface area contributed by atoms with Crippen molar-refractivity contribution in [3.63, 3.8) is 0 Å². The van der Waals surface area contributed by atoms with E-state index in [2.05, 4.69) is 4.40 Å². The summed E-state index contributed by atoms with van der Waals surface area (Å²) in [5, 5.41) is 0. The summed E-state index contributed by atoms with van der Waals surface area (Å²) in [7, 11) is -3.90. The van der Waals surface area contributed by atoms with E-state index in [4.69, 9.17) is 0 Å². The van der Waals surface area contributed by atoms with Crippen LogP contribution < -0.4 is 0 Å². The van der Waals surface area contributed by atoms with Crippen LogP contribution in [0.5, 0.6) is 0 Å². The molecule has 0 aromatic heterocycles. The molecule has 0 amide bonds. The van der Waals surface area contributed by atoms with E-state index in [-0.39, 0.29) is 16.4 Å². The van der Waals surface area contributed by atoms with Gasteiger partial charge in [-0.1, -0.05) is 72.3 Å². The number of carbonyl (C=O) groups excluding carboxylic acids is 1. The van der Waals surface area contributed by atoms with Crippen molar-refractivity contribution >= 4 is 33.3 Å². The van der Waals surface area contributed by atoms with Crippen LogP contribution in [0.3, 0.4) is 0 Å². The van der Waals surface area contributed by atoms with Gasteiger partial charge in [-0.3, -0.25) is 4.79 Å². The van der Waals surface area contributed by atoms with Crippen molar-refractivity contribution in [2.24, 2.45) is 4.40 Å². The molecule has 0 spiro atoms. The minimum atomic E-state index is -3.90. The molecule has 0 N–H and O–H groups in total. The van der Waals surface area contributed by atoms with Gasteiger partial charge in [-0.15, -0.1) is 11.8 Å². The summed E-state index contributed by atoms with van der Waals surface area (Å²) in [5.74, 6) is 0.497. The zero-order chi connectivity index (χ0) is 21.1. The van der Waals surface area contributed by atoms with Gasteiger partial charge in [0, 0.05) is 16.9 Å². The van der Waals surface area contributed by atoms with Crippen LogP contribution in [0.15, 0.2) is 99.1 Å². The summed E-state index contributed by atoms with van der Waals surface area (Å²) in [5.41, 5.74) is 3.33. The second kappa shape index (κ2) is 8.42. The third-order valence-corrected chi connectivity index (χ3v) is 7.11. The Hall–Kier alpha value is -2.96. The van der Waals surface area contributed by atoms with E-state index >= 15 is 0 Å². The van der Waals surface area contributed by atoms with Gasteiger partial charge in [0.05, 0.1) is 15.5 Å². The number of sulfonamides is 1. The first-order chi connectivity index (χ1) is 14.4. The predicted molar refractivity (Wildman–Crippen MR) is 121 cm³/mol. The van der Waals surface area contributed by atoms with Crippen molar-refractivity contribution in [1.29, 1.82) is 0 Å². The van der Waals surface area contributed by atoms with E-state index in [1.807, 2.05) is 37.3 Å². The summed E-state index contributed by atoms with van der Waals surface area (Å²) >= 11 is 1.39. The molecule has 0 atom stereocenters. The van der Waals surface area contributed by atoms with Crippen molar-refractivity contribution < 1.29 is 13.2 Å². The van der Waals surface area contributed by atoms with Crippen LogP contribution in [-0.4, -0.2) is 19.9 Å². The van der Waals surface area contributed by atoms with Gasteiger partial charge in [-0.2, -0.15) is 12.8 Å². The highest BCUT2D eigenvalue weighted by atomic mass is 32.2. The highest BCUT2D eigenvalue weighted by Gasteiger charge is 2.26. The molecule has 1 aliphatic carbocycles. The number of ketones is 1. The maximum Gasteiger partial charge on any atom is 0.282 e. The number of rotatable bonds is 5. The molecule has 0 heterocycles. The maximum absolute atomic E-state index is 13.0. The summed E-state index contributed by atoms with van der Waals surface area (Å²) < 4.78 is 29.9. The Morgan fingerprint density at radius 1 is 0.833 bits per heavy atom. The summed E-state index contributed by atoms with van der Waals surface area (Å²) in [6.07, 6.45) is 1.59. The molecule has 0 unspecified atom stereocenters. The van der Waals surface area contributed by atoms with Gasteiger partial charge in [0.15, 0.2) is 5.78 Å². The largest absolute Gasteiger partial charge is 0.288 e. The number of aryl methyl sites for hydroxylation is 1. The SMILES string of the molecule is Cc1ccc(S(=O)(=O)N=C2C=C(SCc3ccccc3)C(=O)c3ccccc32)cc1. The predicted octanol–water partition coefficient (Wildman–Crippen LogP) is 5.19. The van der Waals surface area contributed by atoms with Crippen LogP contribution in [0, 0.1) is 6.92 Å². The lowest BCUT2D eigenvalue weighted by Gasteiger charge is -2.17. The molecule has 150 valence electrons. The number of fused-ring (bicyclic) bond motifs is 1. The number of hydrogen-bond acceptors (Lipinski definition) is 4. The fourth-order valence-electron chi connectivity index (χ4n) is 3.12. The van der Waals surface area contributed by atoms with Crippen molar-refractivity contribution in [3.8, 4) is 0 Å². The van der Waals surface area contributed by atoms with Crippen molar-refractivity contribution in [1.82, 2.24) is 0 Å². The van der Waals surface area contributed by atoms with Crippen LogP contribution >= 0.6 is 11.8 Å². The van der Waals surface area contributed by atoms with Crippen LogP contribution in [0.2, 0.25) is 0 Å².